The number of halogens is 1. The van der Waals surface area contributed by atoms with Crippen molar-refractivity contribution in [2.75, 3.05) is 5.32 Å². The van der Waals surface area contributed by atoms with Crippen molar-refractivity contribution >= 4 is 55.8 Å². The minimum absolute atomic E-state index is 0.161. The molecule has 0 aliphatic rings. The number of fused-ring (bicyclic) bond motifs is 1. The maximum absolute atomic E-state index is 12.5. The number of hydrogen-bond donors (Lipinski definition) is 3. The maximum atomic E-state index is 12.5. The van der Waals surface area contributed by atoms with E-state index in [0.29, 0.717) is 17.0 Å². The SMILES string of the molecule is CC(C)C[C@H](NC(=O)c1ccc(-c2ccc(Nc3nc4ccc(Cl)cc4s3)cc2)cc1)C(=O)O. The molecule has 1 aromatic heterocycles. The van der Waals surface area contributed by atoms with E-state index in [4.69, 9.17) is 11.6 Å². The summed E-state index contributed by atoms with van der Waals surface area (Å²) in [4.78, 5) is 28.5. The number of carboxylic acids is 1. The molecule has 4 rings (SSSR count). The third-order valence-electron chi connectivity index (χ3n) is 5.28. The van der Waals surface area contributed by atoms with Gasteiger partial charge in [0.25, 0.3) is 5.91 Å². The highest BCUT2D eigenvalue weighted by atomic mass is 35.5. The van der Waals surface area contributed by atoms with Crippen LogP contribution in [0.3, 0.4) is 0 Å². The molecule has 1 heterocycles. The number of aliphatic carboxylic acids is 1. The molecule has 8 heteroatoms. The first-order chi connectivity index (χ1) is 16.3. The standard InChI is InChI=1S/C26H24ClN3O3S/c1-15(2)13-22(25(32)33)29-24(31)18-5-3-16(4-6-18)17-7-10-20(11-8-17)28-26-30-21-12-9-19(27)14-23(21)34-26/h3-12,14-15,22H,13H2,1-2H3,(H,28,30)(H,29,31)(H,32,33)/t22-/m0/s1. The van der Waals surface area contributed by atoms with Gasteiger partial charge in [0.05, 0.1) is 10.2 Å². The summed E-state index contributed by atoms with van der Waals surface area (Å²) in [6.45, 7) is 3.85. The summed E-state index contributed by atoms with van der Waals surface area (Å²) < 4.78 is 1.02. The Kier molecular flexibility index (Phi) is 7.14. The predicted molar refractivity (Wildman–Crippen MR) is 138 cm³/mol. The van der Waals surface area contributed by atoms with Gasteiger partial charge in [-0.25, -0.2) is 9.78 Å². The van der Waals surface area contributed by atoms with Crippen molar-refractivity contribution < 1.29 is 14.7 Å². The third-order valence-corrected chi connectivity index (χ3v) is 6.45. The number of nitrogens with zero attached hydrogens (tertiary/aromatic N) is 1. The number of hydrogen-bond acceptors (Lipinski definition) is 5. The van der Waals surface area contributed by atoms with E-state index in [2.05, 4.69) is 15.6 Å². The molecule has 34 heavy (non-hydrogen) atoms. The lowest BCUT2D eigenvalue weighted by molar-refractivity contribution is -0.139. The van der Waals surface area contributed by atoms with Gasteiger partial charge in [-0.1, -0.05) is 61.1 Å². The van der Waals surface area contributed by atoms with Crippen molar-refractivity contribution in [2.24, 2.45) is 5.92 Å². The highest BCUT2D eigenvalue weighted by Gasteiger charge is 2.21. The van der Waals surface area contributed by atoms with Crippen molar-refractivity contribution in [1.82, 2.24) is 10.3 Å². The van der Waals surface area contributed by atoms with E-state index >= 15 is 0 Å². The van der Waals surface area contributed by atoms with Crippen LogP contribution < -0.4 is 10.6 Å². The molecule has 0 bridgehead atoms. The van der Waals surface area contributed by atoms with Crippen LogP contribution in [0, 0.1) is 5.92 Å². The molecular formula is C26H24ClN3O3S. The Morgan fingerprint density at radius 3 is 2.26 bits per heavy atom. The van der Waals surface area contributed by atoms with Gasteiger partial charge in [-0.15, -0.1) is 0 Å². The van der Waals surface area contributed by atoms with Gasteiger partial charge < -0.3 is 15.7 Å². The normalized spacial score (nSPS) is 12.0. The first kappa shape index (κ1) is 23.7. The van der Waals surface area contributed by atoms with Crippen LogP contribution >= 0.6 is 22.9 Å². The zero-order valence-electron chi connectivity index (χ0n) is 18.7. The number of thiazole rings is 1. The summed E-state index contributed by atoms with van der Waals surface area (Å²) in [5, 5.41) is 16.7. The number of aromatic nitrogens is 1. The number of rotatable bonds is 8. The molecular weight excluding hydrogens is 470 g/mol. The first-order valence-electron chi connectivity index (χ1n) is 10.9. The molecule has 0 spiro atoms. The lowest BCUT2D eigenvalue weighted by Gasteiger charge is -2.16. The summed E-state index contributed by atoms with van der Waals surface area (Å²) in [5.74, 6) is -1.26. The Bertz CT molecular complexity index is 1320. The van der Waals surface area contributed by atoms with Crippen molar-refractivity contribution in [1.29, 1.82) is 0 Å². The second kappa shape index (κ2) is 10.2. The van der Waals surface area contributed by atoms with Gasteiger partial charge in [-0.2, -0.15) is 0 Å². The van der Waals surface area contributed by atoms with E-state index < -0.39 is 17.9 Å². The number of amides is 1. The molecule has 4 aromatic rings. The fourth-order valence-electron chi connectivity index (χ4n) is 3.57. The molecule has 3 N–H and O–H groups in total. The Morgan fingerprint density at radius 2 is 1.65 bits per heavy atom. The molecule has 3 aromatic carbocycles. The lowest BCUT2D eigenvalue weighted by Crippen LogP contribution is -2.41. The van der Waals surface area contributed by atoms with Gasteiger partial charge in [-0.3, -0.25) is 4.79 Å². The van der Waals surface area contributed by atoms with Crippen molar-refractivity contribution in [3.8, 4) is 11.1 Å². The average molecular weight is 494 g/mol. The number of carbonyl (C=O) groups excluding carboxylic acids is 1. The molecule has 0 fully saturated rings. The van der Waals surface area contributed by atoms with Crippen LogP contribution in [-0.4, -0.2) is 28.0 Å². The van der Waals surface area contributed by atoms with E-state index in [1.807, 2.05) is 68.4 Å². The van der Waals surface area contributed by atoms with Crippen LogP contribution in [0.25, 0.3) is 21.3 Å². The number of anilines is 2. The zero-order chi connectivity index (χ0) is 24.2. The van der Waals surface area contributed by atoms with Gasteiger partial charge in [-0.05, 0) is 65.9 Å². The minimum atomic E-state index is -1.03. The van der Waals surface area contributed by atoms with E-state index in [0.717, 1.165) is 32.2 Å². The van der Waals surface area contributed by atoms with Crippen LogP contribution in [-0.2, 0) is 4.79 Å². The van der Waals surface area contributed by atoms with E-state index in [9.17, 15) is 14.7 Å². The molecule has 174 valence electrons. The number of nitrogens with one attached hydrogen (secondary N) is 2. The lowest BCUT2D eigenvalue weighted by atomic mass is 10.0. The highest BCUT2D eigenvalue weighted by Crippen LogP contribution is 2.31. The molecule has 0 saturated heterocycles. The zero-order valence-corrected chi connectivity index (χ0v) is 20.3. The molecule has 0 saturated carbocycles. The highest BCUT2D eigenvalue weighted by molar-refractivity contribution is 7.22. The van der Waals surface area contributed by atoms with E-state index in [-0.39, 0.29) is 5.92 Å². The molecule has 0 unspecified atom stereocenters. The molecule has 1 amide bonds. The predicted octanol–water partition coefficient (Wildman–Crippen LogP) is 6.59. The molecule has 6 nitrogen and oxygen atoms in total. The van der Waals surface area contributed by atoms with Crippen LogP contribution in [0.5, 0.6) is 0 Å². The summed E-state index contributed by atoms with van der Waals surface area (Å²) in [7, 11) is 0. The molecule has 0 radical (unpaired) electrons. The molecule has 1 atom stereocenters. The van der Waals surface area contributed by atoms with Gasteiger partial charge in [0, 0.05) is 16.3 Å². The monoisotopic (exact) mass is 493 g/mol. The topological polar surface area (TPSA) is 91.3 Å². The Labute approximate surface area is 206 Å². The minimum Gasteiger partial charge on any atom is -0.480 e. The van der Waals surface area contributed by atoms with Crippen molar-refractivity contribution in [3.05, 3.63) is 77.3 Å². The largest absolute Gasteiger partial charge is 0.480 e. The second-order valence-corrected chi connectivity index (χ2v) is 9.87. The average Bonchev–Trinajstić information content (AvgIpc) is 3.20. The molecule has 0 aliphatic carbocycles. The number of benzene rings is 3. The number of carboxylic acid groups (broad SMARTS) is 1. The summed E-state index contributed by atoms with van der Waals surface area (Å²) in [6.07, 6.45) is 0.379. The summed E-state index contributed by atoms with van der Waals surface area (Å²) in [5.41, 5.74) is 4.19. The van der Waals surface area contributed by atoms with Gasteiger partial charge in [0.15, 0.2) is 5.13 Å². The third kappa shape index (κ3) is 5.73. The smallest absolute Gasteiger partial charge is 0.326 e. The Morgan fingerprint density at radius 1 is 1.00 bits per heavy atom. The summed E-state index contributed by atoms with van der Waals surface area (Å²) >= 11 is 7.59. The maximum Gasteiger partial charge on any atom is 0.326 e. The fourth-order valence-corrected chi connectivity index (χ4v) is 4.73. The van der Waals surface area contributed by atoms with E-state index in [1.54, 1.807) is 12.1 Å². The van der Waals surface area contributed by atoms with Crippen LogP contribution in [0.15, 0.2) is 66.7 Å². The fraction of sp³-hybridized carbons (Fsp3) is 0.192. The summed E-state index contributed by atoms with van der Waals surface area (Å²) in [6, 6.07) is 19.8. The van der Waals surface area contributed by atoms with Crippen LogP contribution in [0.1, 0.15) is 30.6 Å². The van der Waals surface area contributed by atoms with Crippen LogP contribution in [0.2, 0.25) is 5.02 Å². The van der Waals surface area contributed by atoms with Gasteiger partial charge in [0.2, 0.25) is 0 Å². The van der Waals surface area contributed by atoms with Crippen LogP contribution in [0.4, 0.5) is 10.8 Å². The number of carbonyl (C=O) groups is 2. The van der Waals surface area contributed by atoms with E-state index in [1.165, 1.54) is 11.3 Å². The quantitative estimate of drug-likeness (QED) is 0.257. The Hall–Kier alpha value is -3.42. The second-order valence-electron chi connectivity index (χ2n) is 8.40. The Balaban J connectivity index is 1.42. The first-order valence-corrected chi connectivity index (χ1v) is 12.1. The van der Waals surface area contributed by atoms with Crippen molar-refractivity contribution in [3.63, 3.8) is 0 Å². The van der Waals surface area contributed by atoms with Crippen molar-refractivity contribution in [2.45, 2.75) is 26.3 Å². The molecule has 0 aliphatic heterocycles. The van der Waals surface area contributed by atoms with Gasteiger partial charge >= 0.3 is 5.97 Å². The van der Waals surface area contributed by atoms with Gasteiger partial charge in [0.1, 0.15) is 6.04 Å².